The van der Waals surface area contributed by atoms with E-state index in [1.54, 1.807) is 24.3 Å². The molecule has 2 spiro atoms. The minimum Gasteiger partial charge on any atom is -0.462 e. The quantitative estimate of drug-likeness (QED) is 0.245. The summed E-state index contributed by atoms with van der Waals surface area (Å²) in [5.74, 6) is -5.64. The van der Waals surface area contributed by atoms with Crippen LogP contribution >= 0.6 is 0 Å². The van der Waals surface area contributed by atoms with E-state index in [-0.39, 0.29) is 18.4 Å². The van der Waals surface area contributed by atoms with Crippen LogP contribution in [0.3, 0.4) is 0 Å². The fraction of sp³-hybridized carbons (Fsp3) is 0.730. The van der Waals surface area contributed by atoms with Crippen molar-refractivity contribution in [2.24, 2.45) is 35.5 Å². The fourth-order valence-electron chi connectivity index (χ4n) is 11.2. The van der Waals surface area contributed by atoms with E-state index in [0.29, 0.717) is 18.4 Å². The Morgan fingerprint density at radius 3 is 2.49 bits per heavy atom. The SMILES string of the molecule is C=C(C)[C@]12C[C@H](COC(=O)c3ccccc3)[C@@]34O[C@@]5(CCCCCCC[C@@H](C)[C@H]6[C@H](C)C(=O)[C@@](O)([C@H](O)[C@@]7(CO)O[C@H]7[C@H]3[C@H]1O5)[C@@H]64)O2. The second-order valence-electron chi connectivity index (χ2n) is 15.7. The summed E-state index contributed by atoms with van der Waals surface area (Å²) in [7, 11) is 0. The van der Waals surface area contributed by atoms with Gasteiger partial charge in [-0.3, -0.25) is 4.79 Å². The average Bonchev–Trinajstić information content (AvgIpc) is 3.70. The summed E-state index contributed by atoms with van der Waals surface area (Å²) in [4.78, 5) is 28.0. The largest absolute Gasteiger partial charge is 0.462 e. The molecule has 7 aliphatic rings. The number of ketones is 1. The second kappa shape index (κ2) is 10.7. The second-order valence-corrected chi connectivity index (χ2v) is 15.7. The maximum absolute atomic E-state index is 14.5. The van der Waals surface area contributed by atoms with E-state index in [1.165, 1.54) is 0 Å². The maximum atomic E-state index is 14.5. The normalized spacial score (nSPS) is 51.2. The molecule has 1 aromatic carbocycles. The van der Waals surface area contributed by atoms with Crippen LogP contribution in [0.15, 0.2) is 42.5 Å². The van der Waals surface area contributed by atoms with E-state index >= 15 is 0 Å². The smallest absolute Gasteiger partial charge is 0.338 e. The number of aliphatic hydroxyl groups is 3. The van der Waals surface area contributed by atoms with E-state index < -0.39 is 88.7 Å². The summed E-state index contributed by atoms with van der Waals surface area (Å²) in [6, 6.07) is 8.77. The summed E-state index contributed by atoms with van der Waals surface area (Å²) in [6.45, 7) is 9.56. The van der Waals surface area contributed by atoms with Crippen molar-refractivity contribution < 1.29 is 48.6 Å². The van der Waals surface area contributed by atoms with Gasteiger partial charge in [0.25, 0.3) is 5.97 Å². The zero-order valence-electron chi connectivity index (χ0n) is 27.6. The molecule has 3 N–H and O–H groups in total. The summed E-state index contributed by atoms with van der Waals surface area (Å²) in [5, 5.41) is 36.0. The maximum Gasteiger partial charge on any atom is 0.338 e. The first-order valence-electron chi connectivity index (χ1n) is 17.6. The van der Waals surface area contributed by atoms with Crippen molar-refractivity contribution in [2.45, 2.75) is 119 Å². The van der Waals surface area contributed by atoms with Gasteiger partial charge in [0.1, 0.15) is 29.5 Å². The zero-order valence-corrected chi connectivity index (χ0v) is 27.6. The number of hydrogen-bond donors (Lipinski definition) is 3. The van der Waals surface area contributed by atoms with Gasteiger partial charge >= 0.3 is 5.97 Å². The minimum absolute atomic E-state index is 0.00214. The Labute approximate surface area is 275 Å². The van der Waals surface area contributed by atoms with Crippen molar-refractivity contribution in [1.82, 2.24) is 0 Å². The van der Waals surface area contributed by atoms with Gasteiger partial charge in [-0.15, -0.1) is 0 Å². The first-order valence-corrected chi connectivity index (χ1v) is 17.6. The molecule has 4 saturated heterocycles. The predicted octanol–water partition coefficient (Wildman–Crippen LogP) is 3.70. The first-order chi connectivity index (χ1) is 22.4. The van der Waals surface area contributed by atoms with Gasteiger partial charge < -0.3 is 39.0 Å². The Morgan fingerprint density at radius 1 is 1.04 bits per heavy atom. The standard InChI is InChI=1S/C37H48O10/c1-20(2)33-17-24(18-43-31(40)23-14-10-8-11-15-23)37-26-29(33)45-35(46-33,47-37)16-12-7-5-6-9-13-21(3)25-22(4)28(39)36(42,27(25)37)32(41)34(19-38)30(26)44-34/h8,10-11,14-15,21-22,24-27,29-30,32,38,41-42H,1,5-7,9,12-13,16-19H2,2-4H3/t21-,22+,24-,25+,26-,27-,29-,30+,32-,33-,34+,35-,36-,37-/m1/s1. The van der Waals surface area contributed by atoms with Crippen LogP contribution in [0, 0.1) is 35.5 Å². The molecule has 3 saturated carbocycles. The highest BCUT2D eigenvalue weighted by molar-refractivity contribution is 5.94. The van der Waals surface area contributed by atoms with Crippen LogP contribution in [0.2, 0.25) is 0 Å². The minimum atomic E-state index is -2.30. The van der Waals surface area contributed by atoms with Crippen LogP contribution in [0.1, 0.15) is 82.5 Å². The first kappa shape index (κ1) is 32.0. The van der Waals surface area contributed by atoms with Crippen LogP contribution in [-0.4, -0.2) is 87.0 Å². The monoisotopic (exact) mass is 652 g/mol. The van der Waals surface area contributed by atoms with Crippen LogP contribution in [0.25, 0.3) is 0 Å². The number of aliphatic hydroxyl groups excluding tert-OH is 2. The number of ether oxygens (including phenoxy) is 5. The molecule has 10 nitrogen and oxygen atoms in total. The van der Waals surface area contributed by atoms with Gasteiger partial charge in [-0.05, 0) is 49.3 Å². The highest BCUT2D eigenvalue weighted by Crippen LogP contribution is 2.75. The number of esters is 1. The molecule has 4 aliphatic heterocycles. The van der Waals surface area contributed by atoms with Crippen LogP contribution in [0.4, 0.5) is 0 Å². The van der Waals surface area contributed by atoms with E-state index in [4.69, 9.17) is 23.7 Å². The van der Waals surface area contributed by atoms with Crippen molar-refractivity contribution in [1.29, 1.82) is 0 Å². The Morgan fingerprint density at radius 2 is 1.77 bits per heavy atom. The summed E-state index contributed by atoms with van der Waals surface area (Å²) in [6.07, 6.45) is 3.21. The molecule has 0 aromatic heterocycles. The molecule has 0 amide bonds. The number of epoxide rings is 1. The summed E-state index contributed by atoms with van der Waals surface area (Å²) < 4.78 is 33.7. The zero-order chi connectivity index (χ0) is 33.1. The average molecular weight is 653 g/mol. The lowest BCUT2D eigenvalue weighted by molar-refractivity contribution is -0.438. The third kappa shape index (κ3) is 4.03. The molecule has 256 valence electrons. The van der Waals surface area contributed by atoms with Crippen molar-refractivity contribution in [3.05, 3.63) is 48.0 Å². The van der Waals surface area contributed by atoms with Gasteiger partial charge in [0.15, 0.2) is 11.4 Å². The molecule has 8 rings (SSSR count). The van der Waals surface area contributed by atoms with E-state index in [1.807, 2.05) is 19.9 Å². The van der Waals surface area contributed by atoms with Crippen molar-refractivity contribution in [3.8, 4) is 0 Å². The van der Waals surface area contributed by atoms with Crippen LogP contribution in [0.5, 0.6) is 0 Å². The number of benzene rings is 1. The highest BCUT2D eigenvalue weighted by atomic mass is 16.9. The van der Waals surface area contributed by atoms with Gasteiger partial charge in [-0.25, -0.2) is 4.79 Å². The molecular weight excluding hydrogens is 604 g/mol. The van der Waals surface area contributed by atoms with Crippen molar-refractivity contribution >= 4 is 11.8 Å². The van der Waals surface area contributed by atoms with E-state index in [2.05, 4.69) is 13.5 Å². The lowest BCUT2D eigenvalue weighted by atomic mass is 9.51. The molecule has 10 heteroatoms. The van der Waals surface area contributed by atoms with E-state index in [0.717, 1.165) is 44.1 Å². The van der Waals surface area contributed by atoms with Crippen molar-refractivity contribution in [2.75, 3.05) is 13.2 Å². The van der Waals surface area contributed by atoms with Crippen LogP contribution < -0.4 is 0 Å². The Hall–Kier alpha value is -2.18. The Bertz CT molecular complexity index is 1470. The number of fused-ring (bicyclic) bond motifs is 1. The molecule has 0 radical (unpaired) electrons. The van der Waals surface area contributed by atoms with Gasteiger partial charge in [0, 0.05) is 30.1 Å². The van der Waals surface area contributed by atoms with Gasteiger partial charge in [-0.1, -0.05) is 70.7 Å². The number of rotatable bonds is 5. The van der Waals surface area contributed by atoms with Gasteiger partial charge in [-0.2, -0.15) is 0 Å². The molecular formula is C37H48O10. The van der Waals surface area contributed by atoms with Gasteiger partial charge in [0.2, 0.25) is 0 Å². The summed E-state index contributed by atoms with van der Waals surface area (Å²) in [5.41, 5.74) is -5.20. The lowest BCUT2D eigenvalue weighted by Gasteiger charge is -2.61. The lowest BCUT2D eigenvalue weighted by Crippen LogP contribution is -2.74. The van der Waals surface area contributed by atoms with Gasteiger partial charge in [0.05, 0.1) is 24.4 Å². The molecule has 4 heterocycles. The third-order valence-electron chi connectivity index (χ3n) is 13.4. The highest BCUT2D eigenvalue weighted by Gasteiger charge is 2.90. The van der Waals surface area contributed by atoms with Crippen LogP contribution in [-0.2, 0) is 28.5 Å². The number of carbonyl (C=O) groups excluding carboxylic acids is 2. The number of Topliss-reactive ketones (excluding diaryl/α,β-unsaturated/α-hetero) is 1. The molecule has 3 aliphatic carbocycles. The number of carbonyl (C=O) groups is 2. The van der Waals surface area contributed by atoms with Crippen molar-refractivity contribution in [3.63, 3.8) is 0 Å². The predicted molar refractivity (Wildman–Crippen MR) is 167 cm³/mol. The molecule has 14 atom stereocenters. The number of hydrogen-bond acceptors (Lipinski definition) is 10. The van der Waals surface area contributed by atoms with E-state index in [9.17, 15) is 24.9 Å². The fourth-order valence-corrected chi connectivity index (χ4v) is 11.2. The summed E-state index contributed by atoms with van der Waals surface area (Å²) >= 11 is 0. The topological polar surface area (TPSA) is 144 Å². The molecule has 1 aromatic rings. The molecule has 3 bridgehead atoms. The Kier molecular flexibility index (Phi) is 7.27. The molecule has 47 heavy (non-hydrogen) atoms. The molecule has 0 unspecified atom stereocenters. The third-order valence-corrected chi connectivity index (χ3v) is 13.4. The Balaban J connectivity index is 1.36. The molecule has 7 fully saturated rings.